The third-order valence-electron chi connectivity index (χ3n) is 3.12. The number of hydrogen-bond acceptors (Lipinski definition) is 6. The van der Waals surface area contributed by atoms with E-state index in [0.717, 1.165) is 12.1 Å². The molecule has 0 saturated heterocycles. The van der Waals surface area contributed by atoms with Crippen molar-refractivity contribution >= 4 is 23.2 Å². The van der Waals surface area contributed by atoms with Gasteiger partial charge in [-0.2, -0.15) is 13.2 Å². The average molecular weight is 345 g/mol. The van der Waals surface area contributed by atoms with Crippen LogP contribution in [0.2, 0.25) is 0 Å². The van der Waals surface area contributed by atoms with Crippen LogP contribution in [0, 0.1) is 10.1 Å². The fraction of sp³-hybridized carbons (Fsp3) is 0.231. The molecule has 0 aromatic heterocycles. The summed E-state index contributed by atoms with van der Waals surface area (Å²) >= 11 is 0. The van der Waals surface area contributed by atoms with Crippen LogP contribution in [0.1, 0.15) is 5.56 Å². The minimum absolute atomic E-state index is 0.269. The Balaban J connectivity index is 2.34. The Labute approximate surface area is 132 Å². The van der Waals surface area contributed by atoms with Crippen molar-refractivity contribution in [1.29, 1.82) is 0 Å². The first-order chi connectivity index (χ1) is 11.1. The number of benzene rings is 1. The molecule has 1 aromatic carbocycles. The van der Waals surface area contributed by atoms with E-state index in [1.165, 1.54) is 0 Å². The summed E-state index contributed by atoms with van der Waals surface area (Å²) in [4.78, 5) is 34.1. The van der Waals surface area contributed by atoms with Gasteiger partial charge in [-0.05, 0) is 12.1 Å². The smallest absolute Gasteiger partial charge is 0.395 e. The van der Waals surface area contributed by atoms with Crippen LogP contribution in [-0.2, 0) is 15.8 Å². The van der Waals surface area contributed by atoms with E-state index in [0.29, 0.717) is 17.0 Å². The molecule has 0 aliphatic carbocycles. The summed E-state index contributed by atoms with van der Waals surface area (Å²) in [6, 6.07) is 1.74. The molecule has 0 radical (unpaired) electrons. The molecule has 1 aromatic rings. The summed E-state index contributed by atoms with van der Waals surface area (Å²) in [7, 11) is 0. The largest absolute Gasteiger partial charge is 0.416 e. The van der Waals surface area contributed by atoms with Gasteiger partial charge >= 0.3 is 6.18 Å². The lowest BCUT2D eigenvalue weighted by Gasteiger charge is -2.14. The Morgan fingerprint density at radius 3 is 2.50 bits per heavy atom. The molecule has 1 aliphatic heterocycles. The molecule has 0 spiro atoms. The second kappa shape index (κ2) is 6.28. The second-order valence-electron chi connectivity index (χ2n) is 4.69. The standard InChI is InChI=1S/C13H10F3N3O5/c14-13(15,16)7-1-2-8(10(5-7)19(23)24)17-9-6-11(21)18(3-4-20)12(9)22/h1-2,5-6,17,20H,3-4H2. The highest BCUT2D eigenvalue weighted by Crippen LogP contribution is 2.35. The Hall–Kier alpha value is -2.95. The summed E-state index contributed by atoms with van der Waals surface area (Å²) in [5, 5.41) is 22.0. The number of nitro groups is 1. The number of hydrogen-bond donors (Lipinski definition) is 2. The number of carbonyl (C=O) groups excluding carboxylic acids is 2. The van der Waals surface area contributed by atoms with Gasteiger partial charge in [0.05, 0.1) is 23.6 Å². The lowest BCUT2D eigenvalue weighted by atomic mass is 10.1. The molecule has 128 valence electrons. The molecule has 2 N–H and O–H groups in total. The van der Waals surface area contributed by atoms with Gasteiger partial charge in [0.15, 0.2) is 0 Å². The number of amides is 2. The Morgan fingerprint density at radius 2 is 1.96 bits per heavy atom. The number of nitro benzene ring substituents is 1. The van der Waals surface area contributed by atoms with E-state index in [1.54, 1.807) is 0 Å². The molecule has 24 heavy (non-hydrogen) atoms. The number of aliphatic hydroxyl groups is 1. The number of nitrogens with one attached hydrogen (secondary N) is 1. The van der Waals surface area contributed by atoms with Crippen LogP contribution in [0.4, 0.5) is 24.5 Å². The zero-order valence-electron chi connectivity index (χ0n) is 11.8. The van der Waals surface area contributed by atoms with Gasteiger partial charge < -0.3 is 10.4 Å². The molecule has 1 heterocycles. The highest BCUT2D eigenvalue weighted by molar-refractivity contribution is 6.17. The predicted molar refractivity (Wildman–Crippen MR) is 73.6 cm³/mol. The van der Waals surface area contributed by atoms with E-state index in [4.69, 9.17) is 5.11 Å². The van der Waals surface area contributed by atoms with E-state index in [9.17, 15) is 32.9 Å². The zero-order chi connectivity index (χ0) is 18.1. The van der Waals surface area contributed by atoms with Crippen molar-refractivity contribution in [2.24, 2.45) is 0 Å². The van der Waals surface area contributed by atoms with Crippen LogP contribution < -0.4 is 5.32 Å². The van der Waals surface area contributed by atoms with Gasteiger partial charge in [0.1, 0.15) is 11.4 Å². The summed E-state index contributed by atoms with van der Waals surface area (Å²) in [6.07, 6.45) is -3.92. The number of nitrogens with zero attached hydrogens (tertiary/aromatic N) is 2. The number of halogens is 3. The van der Waals surface area contributed by atoms with E-state index in [2.05, 4.69) is 5.32 Å². The van der Waals surface area contributed by atoms with Crippen molar-refractivity contribution in [3.63, 3.8) is 0 Å². The molecule has 0 fully saturated rings. The van der Waals surface area contributed by atoms with Crippen molar-refractivity contribution in [2.45, 2.75) is 6.18 Å². The van der Waals surface area contributed by atoms with Crippen LogP contribution in [0.5, 0.6) is 0 Å². The monoisotopic (exact) mass is 345 g/mol. The Morgan fingerprint density at radius 1 is 1.29 bits per heavy atom. The molecular weight excluding hydrogens is 335 g/mol. The summed E-state index contributed by atoms with van der Waals surface area (Å²) < 4.78 is 37.9. The highest BCUT2D eigenvalue weighted by atomic mass is 19.4. The number of carbonyl (C=O) groups is 2. The maximum absolute atomic E-state index is 12.6. The molecule has 0 saturated carbocycles. The van der Waals surface area contributed by atoms with Crippen molar-refractivity contribution in [3.8, 4) is 0 Å². The van der Waals surface area contributed by atoms with E-state index in [1.807, 2.05) is 0 Å². The quantitative estimate of drug-likeness (QED) is 0.472. The summed E-state index contributed by atoms with van der Waals surface area (Å²) in [6.45, 7) is -0.743. The van der Waals surface area contributed by atoms with Crippen LogP contribution in [0.25, 0.3) is 0 Å². The first kappa shape index (κ1) is 17.4. The number of alkyl halides is 3. The number of aliphatic hydroxyl groups excluding tert-OH is 1. The molecule has 11 heteroatoms. The topological polar surface area (TPSA) is 113 Å². The molecule has 0 unspecified atom stereocenters. The lowest BCUT2D eigenvalue weighted by Crippen LogP contribution is -2.34. The predicted octanol–water partition coefficient (Wildman–Crippen LogP) is 1.27. The Kier molecular flexibility index (Phi) is 4.55. The number of imide groups is 1. The van der Waals surface area contributed by atoms with Gasteiger partial charge in [0.2, 0.25) is 0 Å². The fourth-order valence-electron chi connectivity index (χ4n) is 2.02. The molecule has 8 nitrogen and oxygen atoms in total. The number of anilines is 1. The normalized spacial score (nSPS) is 14.8. The van der Waals surface area contributed by atoms with Crippen LogP contribution >= 0.6 is 0 Å². The SMILES string of the molecule is O=C1C=C(Nc2ccc(C(F)(F)F)cc2[N+](=O)[O-])C(=O)N1CCO. The van der Waals surface area contributed by atoms with Crippen molar-refractivity contribution < 1.29 is 32.8 Å². The van der Waals surface area contributed by atoms with Gasteiger partial charge in [0.25, 0.3) is 17.5 Å². The van der Waals surface area contributed by atoms with Crippen molar-refractivity contribution in [1.82, 2.24) is 4.90 Å². The first-order valence-electron chi connectivity index (χ1n) is 6.46. The summed E-state index contributed by atoms with van der Waals surface area (Å²) in [5.74, 6) is -1.59. The first-order valence-corrected chi connectivity index (χ1v) is 6.46. The van der Waals surface area contributed by atoms with Gasteiger partial charge in [-0.1, -0.05) is 0 Å². The maximum Gasteiger partial charge on any atom is 0.416 e. The molecule has 2 amide bonds. The fourth-order valence-corrected chi connectivity index (χ4v) is 2.02. The molecule has 0 bridgehead atoms. The maximum atomic E-state index is 12.6. The summed E-state index contributed by atoms with van der Waals surface area (Å²) in [5.41, 5.74) is -2.82. The van der Waals surface area contributed by atoms with Crippen LogP contribution in [0.15, 0.2) is 30.0 Å². The zero-order valence-corrected chi connectivity index (χ0v) is 11.8. The van der Waals surface area contributed by atoms with Crippen LogP contribution in [-0.4, -0.2) is 39.9 Å². The van der Waals surface area contributed by atoms with E-state index in [-0.39, 0.29) is 17.9 Å². The van der Waals surface area contributed by atoms with Gasteiger partial charge in [-0.3, -0.25) is 24.6 Å². The Bertz CT molecular complexity index is 745. The van der Waals surface area contributed by atoms with E-state index >= 15 is 0 Å². The highest BCUT2D eigenvalue weighted by Gasteiger charge is 2.35. The number of β-amino-alcohol motifs (C(OH)–C–C–N with tert-alkyl or cyclic N) is 1. The van der Waals surface area contributed by atoms with Crippen molar-refractivity contribution in [2.75, 3.05) is 18.5 Å². The molecule has 1 aliphatic rings. The minimum Gasteiger partial charge on any atom is -0.395 e. The van der Waals surface area contributed by atoms with Gasteiger partial charge in [-0.15, -0.1) is 0 Å². The third-order valence-corrected chi connectivity index (χ3v) is 3.12. The van der Waals surface area contributed by atoms with Gasteiger partial charge in [-0.25, -0.2) is 0 Å². The lowest BCUT2D eigenvalue weighted by molar-refractivity contribution is -0.384. The molecule has 0 atom stereocenters. The second-order valence-corrected chi connectivity index (χ2v) is 4.69. The number of rotatable bonds is 5. The van der Waals surface area contributed by atoms with E-state index < -0.39 is 40.8 Å². The molecular formula is C13H10F3N3O5. The molecule has 2 rings (SSSR count). The van der Waals surface area contributed by atoms with Gasteiger partial charge in [0, 0.05) is 12.1 Å². The average Bonchev–Trinajstić information content (AvgIpc) is 2.74. The van der Waals surface area contributed by atoms with Crippen molar-refractivity contribution in [3.05, 3.63) is 45.6 Å². The minimum atomic E-state index is -4.76. The third kappa shape index (κ3) is 3.35. The van der Waals surface area contributed by atoms with Crippen LogP contribution in [0.3, 0.4) is 0 Å².